The van der Waals surface area contributed by atoms with Crippen molar-refractivity contribution >= 4 is 23.9 Å². The molecular weight excluding hydrogens is 424 g/mol. The molecule has 1 heterocycles. The fourth-order valence-corrected chi connectivity index (χ4v) is 2.45. The molecule has 0 saturated heterocycles. The van der Waals surface area contributed by atoms with Crippen molar-refractivity contribution in [2.45, 2.75) is 38.5 Å². The first-order chi connectivity index (χ1) is 15.6. The van der Waals surface area contributed by atoms with Crippen molar-refractivity contribution in [1.29, 1.82) is 0 Å². The molecule has 32 heavy (non-hydrogen) atoms. The highest BCUT2D eigenvalue weighted by Crippen LogP contribution is 2.06. The van der Waals surface area contributed by atoms with E-state index in [1.54, 1.807) is 0 Å². The minimum atomic E-state index is -0.656. The normalized spacial score (nSPS) is 22.8. The highest BCUT2D eigenvalue weighted by atomic mass is 16.6. The SMILES string of the molecule is O=C1/C=C\C(=O)OCCOCCOCCOC(=O)/C=C/C(=O)OCCCCCCCCO1. The van der Waals surface area contributed by atoms with Crippen LogP contribution in [0.25, 0.3) is 0 Å². The zero-order chi connectivity index (χ0) is 23.3. The standard InChI is InChI=1S/C22H32O10/c23-19-7-9-21(25)31-17-15-27-13-14-28-16-18-32-22(26)10-8-20(24)30-12-6-4-2-1-3-5-11-29-19/h7-10H,1-6,11-18H2/b9-7-,10-8+. The molecule has 0 bridgehead atoms. The van der Waals surface area contributed by atoms with Crippen molar-refractivity contribution in [2.24, 2.45) is 0 Å². The zero-order valence-corrected chi connectivity index (χ0v) is 18.3. The van der Waals surface area contributed by atoms with Gasteiger partial charge in [-0.3, -0.25) is 0 Å². The molecule has 0 aromatic carbocycles. The van der Waals surface area contributed by atoms with Gasteiger partial charge in [0.2, 0.25) is 0 Å². The lowest BCUT2D eigenvalue weighted by Gasteiger charge is -2.06. The Kier molecular flexibility index (Phi) is 16.2. The third kappa shape index (κ3) is 17.0. The molecule has 0 amide bonds. The molecule has 0 aromatic heterocycles. The van der Waals surface area contributed by atoms with Crippen molar-refractivity contribution in [3.05, 3.63) is 24.3 Å². The van der Waals surface area contributed by atoms with E-state index in [0.717, 1.165) is 62.8 Å². The van der Waals surface area contributed by atoms with Crippen molar-refractivity contribution in [3.8, 4) is 0 Å². The Morgan fingerprint density at radius 2 is 0.656 bits per heavy atom. The molecule has 180 valence electrons. The number of ether oxygens (including phenoxy) is 6. The van der Waals surface area contributed by atoms with Gasteiger partial charge < -0.3 is 28.4 Å². The molecular formula is C22H32O10. The van der Waals surface area contributed by atoms with Gasteiger partial charge in [0, 0.05) is 24.3 Å². The Hall–Kier alpha value is -2.72. The maximum atomic E-state index is 11.6. The van der Waals surface area contributed by atoms with Gasteiger partial charge in [-0.25, -0.2) is 19.2 Å². The van der Waals surface area contributed by atoms with E-state index in [4.69, 9.17) is 28.4 Å². The second-order valence-electron chi connectivity index (χ2n) is 6.68. The van der Waals surface area contributed by atoms with Crippen LogP contribution in [0.3, 0.4) is 0 Å². The number of carbonyl (C=O) groups is 4. The molecule has 1 rings (SSSR count). The number of hydrogen-bond acceptors (Lipinski definition) is 10. The third-order valence-corrected chi connectivity index (χ3v) is 4.05. The Morgan fingerprint density at radius 3 is 1.03 bits per heavy atom. The third-order valence-electron chi connectivity index (χ3n) is 4.05. The van der Waals surface area contributed by atoms with Crippen molar-refractivity contribution in [1.82, 2.24) is 0 Å². The minimum absolute atomic E-state index is 0.0323. The summed E-state index contributed by atoms with van der Waals surface area (Å²) in [5.74, 6) is -2.50. The van der Waals surface area contributed by atoms with Crippen LogP contribution in [0, 0.1) is 0 Å². The van der Waals surface area contributed by atoms with Crippen LogP contribution < -0.4 is 0 Å². The molecule has 0 aromatic rings. The summed E-state index contributed by atoms with van der Waals surface area (Å²) in [7, 11) is 0. The molecule has 0 N–H and O–H groups in total. The van der Waals surface area contributed by atoms with Crippen LogP contribution in [0.2, 0.25) is 0 Å². The van der Waals surface area contributed by atoms with E-state index in [1.165, 1.54) is 0 Å². The summed E-state index contributed by atoms with van der Waals surface area (Å²) in [6.45, 7) is 1.49. The van der Waals surface area contributed by atoms with E-state index >= 15 is 0 Å². The summed E-state index contributed by atoms with van der Waals surface area (Å²) in [6, 6.07) is 0. The molecule has 0 radical (unpaired) electrons. The summed E-state index contributed by atoms with van der Waals surface area (Å²) in [5, 5.41) is 0. The maximum Gasteiger partial charge on any atom is 0.331 e. The maximum absolute atomic E-state index is 11.6. The number of cyclic esters (lactones) is 4. The minimum Gasteiger partial charge on any atom is -0.463 e. The molecule has 0 spiro atoms. The lowest BCUT2D eigenvalue weighted by atomic mass is 10.1. The van der Waals surface area contributed by atoms with Gasteiger partial charge in [0.05, 0.1) is 39.6 Å². The number of hydrogen-bond donors (Lipinski definition) is 0. The summed E-state index contributed by atoms with van der Waals surface area (Å²) in [5.41, 5.74) is 0. The first-order valence-corrected chi connectivity index (χ1v) is 10.8. The van der Waals surface area contributed by atoms with Gasteiger partial charge >= 0.3 is 23.9 Å². The summed E-state index contributed by atoms with van der Waals surface area (Å²) in [4.78, 5) is 46.1. The van der Waals surface area contributed by atoms with E-state index in [1.807, 2.05) is 0 Å². The second-order valence-corrected chi connectivity index (χ2v) is 6.68. The van der Waals surface area contributed by atoms with Gasteiger partial charge in [0.1, 0.15) is 13.2 Å². The van der Waals surface area contributed by atoms with Crippen LogP contribution in [-0.4, -0.2) is 76.7 Å². The molecule has 1 aliphatic rings. The van der Waals surface area contributed by atoms with Crippen LogP contribution in [0.15, 0.2) is 24.3 Å². The van der Waals surface area contributed by atoms with E-state index < -0.39 is 23.9 Å². The van der Waals surface area contributed by atoms with Crippen LogP contribution in [0.5, 0.6) is 0 Å². The van der Waals surface area contributed by atoms with E-state index in [-0.39, 0.29) is 52.9 Å². The van der Waals surface area contributed by atoms with Gasteiger partial charge in [-0.15, -0.1) is 0 Å². The number of carbonyl (C=O) groups excluding carboxylic acids is 4. The summed E-state index contributed by atoms with van der Waals surface area (Å²) < 4.78 is 30.3. The largest absolute Gasteiger partial charge is 0.463 e. The van der Waals surface area contributed by atoms with Crippen molar-refractivity contribution in [3.63, 3.8) is 0 Å². The molecule has 0 saturated carbocycles. The number of esters is 4. The van der Waals surface area contributed by atoms with Crippen molar-refractivity contribution < 1.29 is 47.6 Å². The predicted octanol–water partition coefficient (Wildman–Crippen LogP) is 1.66. The fourth-order valence-electron chi connectivity index (χ4n) is 2.45. The molecule has 10 nitrogen and oxygen atoms in total. The molecule has 10 heteroatoms. The Morgan fingerprint density at radius 1 is 0.375 bits per heavy atom. The Labute approximate surface area is 187 Å². The highest BCUT2D eigenvalue weighted by Gasteiger charge is 2.03. The van der Waals surface area contributed by atoms with E-state index in [2.05, 4.69) is 0 Å². The average Bonchev–Trinajstić information content (AvgIpc) is 2.78. The summed E-state index contributed by atoms with van der Waals surface area (Å²) in [6.07, 6.45) is 9.28. The first kappa shape index (κ1) is 27.3. The highest BCUT2D eigenvalue weighted by molar-refractivity contribution is 5.92. The average molecular weight is 456 g/mol. The van der Waals surface area contributed by atoms with Crippen LogP contribution >= 0.6 is 0 Å². The Balaban J connectivity index is 2.34. The smallest absolute Gasteiger partial charge is 0.331 e. The lowest BCUT2D eigenvalue weighted by molar-refractivity contribution is -0.142. The van der Waals surface area contributed by atoms with Gasteiger partial charge in [-0.1, -0.05) is 25.7 Å². The van der Waals surface area contributed by atoms with Gasteiger partial charge in [-0.05, 0) is 12.8 Å². The molecule has 0 atom stereocenters. The van der Waals surface area contributed by atoms with E-state index in [0.29, 0.717) is 0 Å². The lowest BCUT2D eigenvalue weighted by Crippen LogP contribution is -2.14. The van der Waals surface area contributed by atoms with Gasteiger partial charge in [0.15, 0.2) is 0 Å². The predicted molar refractivity (Wildman–Crippen MR) is 111 cm³/mol. The molecule has 0 fully saturated rings. The van der Waals surface area contributed by atoms with Gasteiger partial charge in [-0.2, -0.15) is 0 Å². The Bertz CT molecular complexity index is 520. The monoisotopic (exact) mass is 456 g/mol. The van der Waals surface area contributed by atoms with E-state index in [9.17, 15) is 19.2 Å². The summed E-state index contributed by atoms with van der Waals surface area (Å²) >= 11 is 0. The van der Waals surface area contributed by atoms with Crippen LogP contribution in [0.1, 0.15) is 38.5 Å². The first-order valence-electron chi connectivity index (χ1n) is 10.8. The topological polar surface area (TPSA) is 124 Å². The molecule has 0 aliphatic carbocycles. The van der Waals surface area contributed by atoms with Crippen LogP contribution in [-0.2, 0) is 47.6 Å². The van der Waals surface area contributed by atoms with Crippen molar-refractivity contribution in [2.75, 3.05) is 52.9 Å². The molecule has 1 aliphatic heterocycles. The zero-order valence-electron chi connectivity index (χ0n) is 18.3. The quantitative estimate of drug-likeness (QED) is 0.393. The second kappa shape index (κ2) is 19.0. The fraction of sp³-hybridized carbons (Fsp3) is 0.636. The van der Waals surface area contributed by atoms with Crippen LogP contribution in [0.4, 0.5) is 0 Å². The number of rotatable bonds is 0. The van der Waals surface area contributed by atoms with Gasteiger partial charge in [0.25, 0.3) is 0 Å². The molecule has 0 unspecified atom stereocenters.